The summed E-state index contributed by atoms with van der Waals surface area (Å²) in [6.45, 7) is 3.91. The first-order valence-corrected chi connectivity index (χ1v) is 7.88. The molecule has 2 aromatic heterocycles. The van der Waals surface area contributed by atoms with Crippen LogP contribution in [0.3, 0.4) is 0 Å². The second-order valence-electron chi connectivity index (χ2n) is 6.52. The van der Waals surface area contributed by atoms with Gasteiger partial charge in [0.1, 0.15) is 0 Å². The molecule has 1 fully saturated rings. The first-order valence-electron chi connectivity index (χ1n) is 7.88. The second kappa shape index (κ2) is 5.68. The standard InChI is InChI=1S/C16H23N5O/c1-11(14-20-19-13-8-4-6-10-21(13)14)18-15(22)12-7-3-5-9-16(12,2)17/h4,6,8,10-12H,3,5,7,9,17H2,1-2H3,(H,18,22). The predicted molar refractivity (Wildman–Crippen MR) is 84.1 cm³/mol. The van der Waals surface area contributed by atoms with E-state index >= 15 is 0 Å². The lowest BCUT2D eigenvalue weighted by atomic mass is 9.74. The van der Waals surface area contributed by atoms with Crippen molar-refractivity contribution in [3.05, 3.63) is 30.2 Å². The molecule has 0 saturated heterocycles. The van der Waals surface area contributed by atoms with Crippen molar-refractivity contribution >= 4 is 11.6 Å². The number of rotatable bonds is 3. The second-order valence-corrected chi connectivity index (χ2v) is 6.52. The molecule has 2 heterocycles. The molecule has 0 radical (unpaired) electrons. The maximum Gasteiger partial charge on any atom is 0.225 e. The van der Waals surface area contributed by atoms with E-state index in [0.29, 0.717) is 0 Å². The van der Waals surface area contributed by atoms with E-state index in [1.165, 1.54) is 0 Å². The van der Waals surface area contributed by atoms with Crippen molar-refractivity contribution in [2.24, 2.45) is 11.7 Å². The van der Waals surface area contributed by atoms with Crippen LogP contribution in [0.2, 0.25) is 0 Å². The first kappa shape index (κ1) is 15.0. The minimum Gasteiger partial charge on any atom is -0.346 e. The smallest absolute Gasteiger partial charge is 0.225 e. The predicted octanol–water partition coefficient (Wildman–Crippen LogP) is 1.81. The zero-order chi connectivity index (χ0) is 15.7. The van der Waals surface area contributed by atoms with Crippen LogP contribution in [0.25, 0.3) is 5.65 Å². The quantitative estimate of drug-likeness (QED) is 0.905. The van der Waals surface area contributed by atoms with Gasteiger partial charge in [-0.25, -0.2) is 0 Å². The lowest BCUT2D eigenvalue weighted by Crippen LogP contribution is -2.53. The van der Waals surface area contributed by atoms with Crippen LogP contribution in [0.5, 0.6) is 0 Å². The van der Waals surface area contributed by atoms with Crippen molar-refractivity contribution in [3.63, 3.8) is 0 Å². The Morgan fingerprint density at radius 2 is 2.27 bits per heavy atom. The highest BCUT2D eigenvalue weighted by atomic mass is 16.2. The Bertz CT molecular complexity index is 678. The Hall–Kier alpha value is -1.95. The molecular weight excluding hydrogens is 278 g/mol. The Kier molecular flexibility index (Phi) is 3.87. The van der Waals surface area contributed by atoms with Crippen LogP contribution in [0, 0.1) is 5.92 Å². The number of nitrogens with zero attached hydrogens (tertiary/aromatic N) is 3. The maximum atomic E-state index is 12.6. The van der Waals surface area contributed by atoms with Gasteiger partial charge >= 0.3 is 0 Å². The fourth-order valence-corrected chi connectivity index (χ4v) is 3.32. The Balaban J connectivity index is 1.76. The molecule has 1 saturated carbocycles. The molecular formula is C16H23N5O. The van der Waals surface area contributed by atoms with Gasteiger partial charge in [-0.3, -0.25) is 9.20 Å². The summed E-state index contributed by atoms with van der Waals surface area (Å²) < 4.78 is 1.90. The van der Waals surface area contributed by atoms with Crippen LogP contribution in [0.4, 0.5) is 0 Å². The molecule has 1 aliphatic rings. The number of hydrogen-bond acceptors (Lipinski definition) is 4. The molecule has 0 aliphatic heterocycles. The van der Waals surface area contributed by atoms with Crippen molar-refractivity contribution in [3.8, 4) is 0 Å². The minimum absolute atomic E-state index is 0.0184. The Morgan fingerprint density at radius 3 is 3.05 bits per heavy atom. The third-order valence-corrected chi connectivity index (χ3v) is 4.66. The third kappa shape index (κ3) is 2.70. The molecule has 118 valence electrons. The highest BCUT2D eigenvalue weighted by molar-refractivity contribution is 5.80. The number of hydrogen-bond donors (Lipinski definition) is 2. The fourth-order valence-electron chi connectivity index (χ4n) is 3.32. The van der Waals surface area contributed by atoms with Gasteiger partial charge in [0.25, 0.3) is 0 Å². The van der Waals surface area contributed by atoms with Crippen LogP contribution in [-0.4, -0.2) is 26.0 Å². The van der Waals surface area contributed by atoms with Crippen LogP contribution in [-0.2, 0) is 4.79 Å². The van der Waals surface area contributed by atoms with Gasteiger partial charge in [-0.05, 0) is 38.8 Å². The first-order chi connectivity index (χ1) is 10.5. The number of nitrogens with two attached hydrogens (primary N) is 1. The van der Waals surface area contributed by atoms with E-state index in [-0.39, 0.29) is 17.9 Å². The van der Waals surface area contributed by atoms with Gasteiger partial charge in [0, 0.05) is 11.7 Å². The number of pyridine rings is 1. The number of carbonyl (C=O) groups excluding carboxylic acids is 1. The molecule has 3 atom stereocenters. The summed E-state index contributed by atoms with van der Waals surface area (Å²) in [6, 6.07) is 5.52. The van der Waals surface area contributed by atoms with Crippen molar-refractivity contribution < 1.29 is 4.79 Å². The lowest BCUT2D eigenvalue weighted by molar-refractivity contribution is -0.128. The summed E-state index contributed by atoms with van der Waals surface area (Å²) in [7, 11) is 0. The van der Waals surface area contributed by atoms with Crippen molar-refractivity contribution in [2.75, 3.05) is 0 Å². The number of aromatic nitrogens is 3. The number of fused-ring (bicyclic) bond motifs is 1. The maximum absolute atomic E-state index is 12.6. The zero-order valence-corrected chi connectivity index (χ0v) is 13.1. The topological polar surface area (TPSA) is 85.3 Å². The molecule has 0 aromatic carbocycles. The van der Waals surface area contributed by atoms with Crippen LogP contribution in [0.15, 0.2) is 24.4 Å². The van der Waals surface area contributed by atoms with Crippen molar-refractivity contribution in [1.29, 1.82) is 0 Å². The molecule has 6 nitrogen and oxygen atoms in total. The summed E-state index contributed by atoms with van der Waals surface area (Å²) in [6.07, 6.45) is 5.81. The van der Waals surface area contributed by atoms with E-state index in [4.69, 9.17) is 5.73 Å². The average molecular weight is 301 g/mol. The summed E-state index contributed by atoms with van der Waals surface area (Å²) in [5.74, 6) is 0.617. The van der Waals surface area contributed by atoms with Crippen LogP contribution in [0.1, 0.15) is 51.4 Å². The molecule has 22 heavy (non-hydrogen) atoms. The van der Waals surface area contributed by atoms with Crippen molar-refractivity contribution in [2.45, 2.75) is 51.1 Å². The van der Waals surface area contributed by atoms with E-state index in [2.05, 4.69) is 15.5 Å². The summed E-state index contributed by atoms with van der Waals surface area (Å²) in [4.78, 5) is 12.6. The summed E-state index contributed by atoms with van der Waals surface area (Å²) in [5.41, 5.74) is 6.67. The largest absolute Gasteiger partial charge is 0.346 e. The molecule has 6 heteroatoms. The van der Waals surface area contributed by atoms with Crippen LogP contribution < -0.4 is 11.1 Å². The minimum atomic E-state index is -0.422. The van der Waals surface area contributed by atoms with Gasteiger partial charge in [-0.2, -0.15) is 0 Å². The molecule has 3 rings (SSSR count). The van der Waals surface area contributed by atoms with Gasteiger partial charge in [0.2, 0.25) is 5.91 Å². The van der Waals surface area contributed by atoms with Gasteiger partial charge < -0.3 is 11.1 Å². The van der Waals surface area contributed by atoms with Crippen LogP contribution >= 0.6 is 0 Å². The average Bonchev–Trinajstić information content (AvgIpc) is 2.90. The molecule has 2 aromatic rings. The number of nitrogens with one attached hydrogen (secondary N) is 1. The Labute approximate surface area is 130 Å². The van der Waals surface area contributed by atoms with E-state index in [9.17, 15) is 4.79 Å². The van der Waals surface area contributed by atoms with Crippen molar-refractivity contribution in [1.82, 2.24) is 19.9 Å². The monoisotopic (exact) mass is 301 g/mol. The molecule has 0 spiro atoms. The third-order valence-electron chi connectivity index (χ3n) is 4.66. The molecule has 1 amide bonds. The zero-order valence-electron chi connectivity index (χ0n) is 13.1. The number of amides is 1. The lowest BCUT2D eigenvalue weighted by Gasteiger charge is -2.37. The highest BCUT2D eigenvalue weighted by Gasteiger charge is 2.38. The summed E-state index contributed by atoms with van der Waals surface area (Å²) in [5, 5.41) is 11.4. The van der Waals surface area contributed by atoms with E-state index in [0.717, 1.165) is 37.2 Å². The van der Waals surface area contributed by atoms with Gasteiger partial charge in [0.15, 0.2) is 11.5 Å². The van der Waals surface area contributed by atoms with E-state index < -0.39 is 5.54 Å². The normalized spacial score (nSPS) is 26.8. The highest BCUT2D eigenvalue weighted by Crippen LogP contribution is 2.32. The molecule has 3 N–H and O–H groups in total. The SMILES string of the molecule is CC(NC(=O)C1CCCCC1(C)N)c1nnc2ccccn12. The van der Waals surface area contributed by atoms with E-state index in [1.54, 1.807) is 0 Å². The number of carbonyl (C=O) groups is 1. The van der Waals surface area contributed by atoms with E-state index in [1.807, 2.05) is 42.6 Å². The fraction of sp³-hybridized carbons (Fsp3) is 0.562. The van der Waals surface area contributed by atoms with Gasteiger partial charge in [-0.15, -0.1) is 10.2 Å². The summed E-state index contributed by atoms with van der Waals surface area (Å²) >= 11 is 0. The molecule has 0 bridgehead atoms. The van der Waals surface area contributed by atoms with Gasteiger partial charge in [-0.1, -0.05) is 18.9 Å². The Morgan fingerprint density at radius 1 is 1.45 bits per heavy atom. The van der Waals surface area contributed by atoms with Gasteiger partial charge in [0.05, 0.1) is 12.0 Å². The molecule has 3 unspecified atom stereocenters. The molecule has 1 aliphatic carbocycles.